The molecule has 6 aromatic rings. The molecule has 0 aromatic heterocycles. The van der Waals surface area contributed by atoms with E-state index in [-0.39, 0.29) is 75.1 Å². The van der Waals surface area contributed by atoms with Crippen LogP contribution in [0.5, 0.6) is 5.75 Å². The zero-order valence-corrected chi connectivity index (χ0v) is 44.9. The summed E-state index contributed by atoms with van der Waals surface area (Å²) < 4.78 is 195. The molecule has 0 saturated carbocycles. The predicted molar refractivity (Wildman–Crippen MR) is 281 cm³/mol. The van der Waals surface area contributed by atoms with Gasteiger partial charge in [0.15, 0.2) is 0 Å². The average molecular weight is 1170 g/mol. The quantitative estimate of drug-likeness (QED) is 0.0293. The summed E-state index contributed by atoms with van der Waals surface area (Å²) in [4.78, 5) is 37.9. The van der Waals surface area contributed by atoms with Crippen LogP contribution in [0.2, 0.25) is 0 Å². The Morgan fingerprint density at radius 3 is 1.24 bits per heavy atom. The van der Waals surface area contributed by atoms with Gasteiger partial charge in [-0.2, -0.15) is 57.7 Å². The van der Waals surface area contributed by atoms with Crippen molar-refractivity contribution in [1.82, 2.24) is 0 Å². The summed E-state index contributed by atoms with van der Waals surface area (Å²) in [7, 11) is 0. The van der Waals surface area contributed by atoms with Crippen molar-refractivity contribution in [3.63, 3.8) is 0 Å². The summed E-state index contributed by atoms with van der Waals surface area (Å²) >= 11 is 0. The molecule has 10 nitrogen and oxygen atoms in total. The number of nitrogens with one attached hydrogen (secondary N) is 2. The fourth-order valence-electron chi connectivity index (χ4n) is 7.97. The van der Waals surface area contributed by atoms with E-state index in [1.165, 1.54) is 116 Å². The number of halogens is 14. The van der Waals surface area contributed by atoms with Crippen molar-refractivity contribution in [3.05, 3.63) is 177 Å². The predicted octanol–water partition coefficient (Wildman–Crippen LogP) is 15.7. The van der Waals surface area contributed by atoms with Crippen LogP contribution in [0.4, 0.5) is 89.9 Å². The van der Waals surface area contributed by atoms with Gasteiger partial charge < -0.3 is 26.8 Å². The molecule has 4 atom stereocenters. The second-order valence-corrected chi connectivity index (χ2v) is 19.4. The second-order valence-electron chi connectivity index (χ2n) is 19.4. The van der Waals surface area contributed by atoms with Gasteiger partial charge in [0.2, 0.25) is 29.2 Å². The molecule has 6 N–H and O–H groups in total. The lowest BCUT2D eigenvalue weighted by molar-refractivity contribution is -0.229. The van der Waals surface area contributed by atoms with Crippen LogP contribution in [-0.2, 0) is 43.0 Å². The van der Waals surface area contributed by atoms with Crippen molar-refractivity contribution in [1.29, 1.82) is 5.26 Å². The fraction of sp³-hybridized carbons (Fsp3) is 0.310. The Hall–Kier alpha value is -8.45. The van der Waals surface area contributed by atoms with Crippen molar-refractivity contribution in [2.75, 3.05) is 22.1 Å². The van der Waals surface area contributed by atoms with E-state index >= 15 is 0 Å². The number of ether oxygens (including phenoxy) is 1. The lowest BCUT2D eigenvalue weighted by atomic mass is 9.75. The van der Waals surface area contributed by atoms with Crippen molar-refractivity contribution >= 4 is 46.3 Å². The molecule has 0 saturated heterocycles. The number of aliphatic imine (C=N–C) groups is 1. The molecule has 0 aliphatic carbocycles. The summed E-state index contributed by atoms with van der Waals surface area (Å²) in [5.74, 6) is -0.765. The van der Waals surface area contributed by atoms with Crippen molar-refractivity contribution in [2.24, 2.45) is 4.99 Å². The number of aryl methyl sites for hydroxylation is 1. The number of alkyl halides is 14. The fourth-order valence-corrected chi connectivity index (χ4v) is 7.97. The van der Waals surface area contributed by atoms with Crippen LogP contribution in [0, 0.1) is 32.3 Å². The Kier molecular flexibility index (Phi) is 20.3. The number of benzene rings is 6. The van der Waals surface area contributed by atoms with E-state index in [0.717, 1.165) is 38.1 Å². The van der Waals surface area contributed by atoms with Gasteiger partial charge in [-0.15, -0.1) is 5.26 Å². The number of anilines is 4. The highest BCUT2D eigenvalue weighted by Gasteiger charge is 2.56. The third kappa shape index (κ3) is 14.7. The zero-order valence-electron chi connectivity index (χ0n) is 44.9. The molecule has 0 aliphatic heterocycles. The molecule has 2 amide bonds. The van der Waals surface area contributed by atoms with Gasteiger partial charge in [0.25, 0.3) is 6.26 Å². The molecule has 82 heavy (non-hydrogen) atoms. The van der Waals surface area contributed by atoms with E-state index in [1.54, 1.807) is 20.8 Å². The van der Waals surface area contributed by atoms with E-state index in [4.69, 9.17) is 16.7 Å². The van der Waals surface area contributed by atoms with Crippen molar-refractivity contribution < 1.29 is 80.6 Å². The number of rotatable bonds is 13. The number of amides is 2. The molecule has 0 heterocycles. The number of nitriles is 1. The molecule has 4 unspecified atom stereocenters. The Balaban J connectivity index is 0.000000301. The summed E-state index contributed by atoms with van der Waals surface area (Å²) in [6.07, 6.45) is -16.8. The topological polar surface area (TPSA) is 173 Å². The van der Waals surface area contributed by atoms with Gasteiger partial charge in [-0.05, 0) is 159 Å². The van der Waals surface area contributed by atoms with Gasteiger partial charge in [-0.1, -0.05) is 67.6 Å². The lowest BCUT2D eigenvalue weighted by Crippen LogP contribution is -2.40. The van der Waals surface area contributed by atoms with Gasteiger partial charge in [-0.3, -0.25) is 9.59 Å². The number of nitrogens with two attached hydrogens (primary N) is 2. The number of nitrogens with zero attached hydrogens (tertiary/aromatic N) is 2. The first-order chi connectivity index (χ1) is 37.7. The first kappa shape index (κ1) is 66.1. The highest BCUT2D eigenvalue weighted by molar-refractivity contribution is 5.92. The van der Waals surface area contributed by atoms with Gasteiger partial charge >= 0.3 is 24.7 Å². The minimum atomic E-state index is -5.16. The van der Waals surface area contributed by atoms with Crippen LogP contribution >= 0.6 is 0 Å². The highest BCUT2D eigenvalue weighted by Crippen LogP contribution is 2.49. The second kappa shape index (κ2) is 25.1. The van der Waals surface area contributed by atoms with Gasteiger partial charge in [0.1, 0.15) is 16.6 Å². The number of hydrogen-bond acceptors (Lipinski definition) is 8. The summed E-state index contributed by atoms with van der Waals surface area (Å²) in [5.41, 5.74) is 0.0907. The lowest BCUT2D eigenvalue weighted by Gasteiger charge is -2.33. The van der Waals surface area contributed by atoms with Crippen LogP contribution in [-0.4, -0.2) is 42.6 Å². The summed E-state index contributed by atoms with van der Waals surface area (Å²) in [5, 5.41) is 13.6. The van der Waals surface area contributed by atoms with E-state index < -0.39 is 63.9 Å². The summed E-state index contributed by atoms with van der Waals surface area (Å²) in [6, 6.07) is 24.7. The smallest absolute Gasteiger partial charge is 0.398 e. The Morgan fingerprint density at radius 2 is 0.890 bits per heavy atom. The molecule has 438 valence electrons. The molecular formula is C58H54F14N6O4. The minimum Gasteiger partial charge on any atom is -0.398 e. The summed E-state index contributed by atoms with van der Waals surface area (Å²) in [6.45, 7) is 9.25. The number of carbonyl (C=O) groups excluding carboxylic acids is 3. The maximum Gasteiger partial charge on any atom is 0.426 e. The highest BCUT2D eigenvalue weighted by atomic mass is 19.4. The van der Waals surface area contributed by atoms with Crippen LogP contribution in [0.1, 0.15) is 96.7 Å². The largest absolute Gasteiger partial charge is 0.426 e. The van der Waals surface area contributed by atoms with Gasteiger partial charge in [0.05, 0.1) is 12.1 Å². The normalized spacial score (nSPS) is 14.6. The van der Waals surface area contributed by atoms with E-state index in [2.05, 4.69) is 20.4 Å². The van der Waals surface area contributed by atoms with Crippen LogP contribution < -0.4 is 26.8 Å². The van der Waals surface area contributed by atoms with E-state index in [9.17, 15) is 75.8 Å². The third-order valence-electron chi connectivity index (χ3n) is 13.9. The van der Waals surface area contributed by atoms with Crippen LogP contribution in [0.25, 0.3) is 0 Å². The standard InChI is InChI=1S/C31H31F7N2O2.C17H11F3N2O2.C10H12F4N2/c1-6-26(41)39-24-11-7-21(8-12-24)28(4,30(33,34)35)22-9-13-25(14-10-22)40-27(42)17-20-16-23(15-18(2)19(20)3)29(5,32)31(36,37)38;1-16(17(18,19)20,12-2-6-14(7-3-12)22-11-23)13-4-8-15(9-5-13)24-10-21;1-5-7(15)3-6(4-8(5)16)9(2,11)10(12,13)14/h7-16H,6,17H2,1-5H3,(H,39,41)(H,40,42);2-9H,1H3;3-4H,15-16H2,1-2H3. The Bertz CT molecular complexity index is 3290. The molecule has 6 aromatic carbocycles. The molecule has 0 aliphatic rings. The van der Waals surface area contributed by atoms with Crippen LogP contribution in [0.3, 0.4) is 0 Å². The average Bonchev–Trinajstić information content (AvgIpc) is 3.32. The molecule has 0 radical (unpaired) electrons. The first-order valence-corrected chi connectivity index (χ1v) is 24.3. The zero-order chi connectivity index (χ0) is 62.2. The minimum absolute atomic E-state index is 0.00574. The third-order valence-corrected chi connectivity index (χ3v) is 13.9. The first-order valence-electron chi connectivity index (χ1n) is 24.3. The number of carbonyl (C=O) groups is 2. The number of hydrogen-bond donors (Lipinski definition) is 4. The van der Waals surface area contributed by atoms with Gasteiger partial charge in [-0.25, -0.2) is 13.6 Å². The maximum absolute atomic E-state index is 14.6. The van der Waals surface area contributed by atoms with Gasteiger partial charge in [0, 0.05) is 34.7 Å². The Labute approximate surface area is 462 Å². The SMILES string of the molecule is CC(c1ccc(N=C=O)cc1)(c1ccc(OC#N)cc1)C(F)(F)F.CCC(=O)Nc1ccc(C(C)(c2ccc(NC(=O)Cc3cc(C(C)(F)C(F)(F)F)cc(C)c3C)cc2)C(F)(F)F)cc1.Cc1c(N)cc(C(C)(F)C(F)(F)F)cc1N. The molecular weight excluding hydrogens is 1110 g/mol. The van der Waals surface area contributed by atoms with Crippen LogP contribution in [0.15, 0.2) is 126 Å². The molecule has 6 rings (SSSR count). The molecule has 24 heteroatoms. The van der Waals surface area contributed by atoms with Crippen molar-refractivity contribution in [2.45, 2.75) is 115 Å². The maximum atomic E-state index is 14.6. The molecule has 0 spiro atoms. The molecule has 0 bridgehead atoms. The van der Waals surface area contributed by atoms with E-state index in [1.807, 2.05) is 0 Å². The number of nitrogen functional groups attached to an aromatic ring is 2. The Morgan fingerprint density at radius 1 is 0.524 bits per heavy atom. The molecule has 0 fully saturated rings. The number of isocyanates is 1. The van der Waals surface area contributed by atoms with Crippen molar-refractivity contribution in [3.8, 4) is 12.0 Å². The monoisotopic (exact) mass is 1160 g/mol. The van der Waals surface area contributed by atoms with E-state index in [0.29, 0.717) is 36.2 Å².